The largest absolute Gasteiger partial charge is 0.416 e. The number of nitrogens with one attached hydrogen (secondary N) is 1. The number of hydrogen-bond acceptors (Lipinski definition) is 3. The number of hydrogen-bond donors (Lipinski definition) is 1. The van der Waals surface area contributed by atoms with Gasteiger partial charge >= 0.3 is 6.18 Å². The summed E-state index contributed by atoms with van der Waals surface area (Å²) >= 11 is 0. The van der Waals surface area contributed by atoms with Crippen molar-refractivity contribution in [2.24, 2.45) is 5.92 Å². The van der Waals surface area contributed by atoms with Crippen LogP contribution in [0.5, 0.6) is 0 Å². The minimum absolute atomic E-state index is 0.0646. The van der Waals surface area contributed by atoms with Crippen LogP contribution in [-0.2, 0) is 16.0 Å². The van der Waals surface area contributed by atoms with E-state index in [4.69, 9.17) is 0 Å². The molecule has 2 atom stereocenters. The monoisotopic (exact) mass is 321 g/mol. The van der Waals surface area contributed by atoms with Gasteiger partial charge in [0.25, 0.3) is 0 Å². The maximum Gasteiger partial charge on any atom is 0.416 e. The molecule has 118 valence electrons. The molecule has 0 spiro atoms. The van der Waals surface area contributed by atoms with Crippen molar-refractivity contribution in [1.29, 1.82) is 0 Å². The number of rotatable bonds is 4. The molecule has 2 unspecified atom stereocenters. The number of alkyl halides is 3. The summed E-state index contributed by atoms with van der Waals surface area (Å²) in [6.45, 7) is 0. The lowest BCUT2D eigenvalue weighted by Gasteiger charge is -2.20. The highest BCUT2D eigenvalue weighted by Gasteiger charge is 2.32. The summed E-state index contributed by atoms with van der Waals surface area (Å²) in [5.41, 5.74) is 0.0688. The minimum Gasteiger partial charge on any atom is -0.313 e. The van der Waals surface area contributed by atoms with Crippen LogP contribution in [0.2, 0.25) is 0 Å². The first kappa shape index (κ1) is 16.3. The van der Waals surface area contributed by atoms with Crippen LogP contribution in [-0.4, -0.2) is 27.0 Å². The van der Waals surface area contributed by atoms with Gasteiger partial charge in [0.05, 0.1) is 17.1 Å². The SMILES string of the molecule is CNC(CC1CCS(=O)(=O)C1)c1ccc(C(F)(F)F)cc1. The first-order valence-corrected chi connectivity index (χ1v) is 8.58. The number of sulfone groups is 1. The zero-order valence-corrected chi connectivity index (χ0v) is 12.5. The quantitative estimate of drug-likeness (QED) is 0.927. The zero-order chi connectivity index (χ0) is 15.7. The summed E-state index contributed by atoms with van der Waals surface area (Å²) in [7, 11) is -1.21. The van der Waals surface area contributed by atoms with Crippen LogP contribution in [0.1, 0.15) is 30.0 Å². The van der Waals surface area contributed by atoms with E-state index in [-0.39, 0.29) is 23.5 Å². The second-order valence-corrected chi connectivity index (χ2v) is 7.69. The Bertz CT molecular complexity index is 581. The lowest BCUT2D eigenvalue weighted by molar-refractivity contribution is -0.137. The predicted molar refractivity (Wildman–Crippen MR) is 74.6 cm³/mol. The summed E-state index contributed by atoms with van der Waals surface area (Å²) in [6, 6.07) is 4.89. The maximum absolute atomic E-state index is 12.5. The summed E-state index contributed by atoms with van der Waals surface area (Å²) in [6.07, 6.45) is -3.10. The van der Waals surface area contributed by atoms with Crippen LogP contribution in [0.3, 0.4) is 0 Å². The van der Waals surface area contributed by atoms with Gasteiger partial charge < -0.3 is 5.32 Å². The summed E-state index contributed by atoms with van der Waals surface area (Å²) in [5, 5.41) is 3.05. The molecule has 0 aliphatic carbocycles. The normalized spacial score (nSPS) is 23.1. The fourth-order valence-electron chi connectivity index (χ4n) is 2.72. The van der Waals surface area contributed by atoms with Gasteiger partial charge in [-0.25, -0.2) is 8.42 Å². The van der Waals surface area contributed by atoms with Gasteiger partial charge in [-0.2, -0.15) is 13.2 Å². The Morgan fingerprint density at radius 3 is 2.33 bits per heavy atom. The Balaban J connectivity index is 2.08. The van der Waals surface area contributed by atoms with Crippen molar-refractivity contribution < 1.29 is 21.6 Å². The third kappa shape index (κ3) is 4.20. The molecular formula is C14H18F3NO2S. The second kappa shape index (κ2) is 5.96. The molecule has 0 saturated carbocycles. The molecule has 2 rings (SSSR count). The van der Waals surface area contributed by atoms with Gasteiger partial charge in [0, 0.05) is 6.04 Å². The standard InChI is InChI=1S/C14H18F3NO2S/c1-18-13(8-10-6-7-21(19,20)9-10)11-2-4-12(5-3-11)14(15,16)17/h2-5,10,13,18H,6-9H2,1H3. The average molecular weight is 321 g/mol. The lowest BCUT2D eigenvalue weighted by Crippen LogP contribution is -2.20. The highest BCUT2D eigenvalue weighted by Crippen LogP contribution is 2.32. The number of benzene rings is 1. The van der Waals surface area contributed by atoms with Crippen molar-refractivity contribution in [3.8, 4) is 0 Å². The second-order valence-electron chi connectivity index (χ2n) is 5.47. The molecule has 0 radical (unpaired) electrons. The molecule has 1 saturated heterocycles. The first-order valence-electron chi connectivity index (χ1n) is 6.76. The fraction of sp³-hybridized carbons (Fsp3) is 0.571. The van der Waals surface area contributed by atoms with Crippen LogP contribution < -0.4 is 5.32 Å². The molecule has 1 aromatic rings. The molecule has 21 heavy (non-hydrogen) atoms. The Morgan fingerprint density at radius 1 is 1.29 bits per heavy atom. The van der Waals surface area contributed by atoms with Crippen molar-refractivity contribution >= 4 is 9.84 Å². The summed E-state index contributed by atoms with van der Waals surface area (Å²) < 4.78 is 60.5. The summed E-state index contributed by atoms with van der Waals surface area (Å²) in [4.78, 5) is 0. The third-order valence-corrected chi connectivity index (χ3v) is 5.72. The highest BCUT2D eigenvalue weighted by molar-refractivity contribution is 7.91. The Hall–Kier alpha value is -1.08. The van der Waals surface area contributed by atoms with Crippen LogP contribution in [0.25, 0.3) is 0 Å². The van der Waals surface area contributed by atoms with Crippen molar-refractivity contribution in [1.82, 2.24) is 5.32 Å². The predicted octanol–water partition coefficient (Wildman–Crippen LogP) is 2.79. The van der Waals surface area contributed by atoms with Crippen molar-refractivity contribution in [3.63, 3.8) is 0 Å². The van der Waals surface area contributed by atoms with Crippen LogP contribution in [0.15, 0.2) is 24.3 Å². The van der Waals surface area contributed by atoms with Gasteiger partial charge in [-0.05, 0) is 43.5 Å². The smallest absolute Gasteiger partial charge is 0.313 e. The molecule has 0 bridgehead atoms. The summed E-state index contributed by atoms with van der Waals surface area (Å²) in [5.74, 6) is 0.446. The first-order chi connectivity index (χ1) is 9.71. The van der Waals surface area contributed by atoms with E-state index in [1.165, 1.54) is 12.1 Å². The highest BCUT2D eigenvalue weighted by atomic mass is 32.2. The number of halogens is 3. The van der Waals surface area contributed by atoms with Gasteiger partial charge in [0.2, 0.25) is 0 Å². The van der Waals surface area contributed by atoms with E-state index in [1.54, 1.807) is 7.05 Å². The van der Waals surface area contributed by atoms with Crippen molar-refractivity contribution in [2.75, 3.05) is 18.6 Å². The minimum atomic E-state index is -4.34. The lowest BCUT2D eigenvalue weighted by atomic mass is 9.94. The van der Waals surface area contributed by atoms with Crippen LogP contribution in [0.4, 0.5) is 13.2 Å². The molecule has 7 heteroatoms. The molecule has 3 nitrogen and oxygen atoms in total. The van der Waals surface area contributed by atoms with E-state index in [0.717, 1.165) is 17.7 Å². The Morgan fingerprint density at radius 2 is 1.90 bits per heavy atom. The molecular weight excluding hydrogens is 303 g/mol. The topological polar surface area (TPSA) is 46.2 Å². The van der Waals surface area contributed by atoms with Crippen LogP contribution >= 0.6 is 0 Å². The van der Waals surface area contributed by atoms with Crippen molar-refractivity contribution in [3.05, 3.63) is 35.4 Å². The van der Waals surface area contributed by atoms with Crippen LogP contribution in [0, 0.1) is 5.92 Å². The maximum atomic E-state index is 12.5. The zero-order valence-electron chi connectivity index (χ0n) is 11.7. The third-order valence-electron chi connectivity index (χ3n) is 3.88. The fourth-order valence-corrected chi connectivity index (χ4v) is 4.60. The Kier molecular flexibility index (Phi) is 4.63. The molecule has 1 aromatic carbocycles. The Labute approximate surface area is 122 Å². The molecule has 1 aliphatic heterocycles. The molecule has 0 amide bonds. The molecule has 0 aromatic heterocycles. The van der Waals surface area contributed by atoms with E-state index < -0.39 is 21.6 Å². The molecule has 1 fully saturated rings. The molecule has 1 N–H and O–H groups in total. The van der Waals surface area contributed by atoms with E-state index in [2.05, 4.69) is 5.32 Å². The molecule has 1 aliphatic rings. The van der Waals surface area contributed by atoms with Gasteiger partial charge in [-0.15, -0.1) is 0 Å². The van der Waals surface area contributed by atoms with Gasteiger partial charge in [0.1, 0.15) is 0 Å². The van der Waals surface area contributed by atoms with Gasteiger partial charge in [0.15, 0.2) is 9.84 Å². The molecule has 1 heterocycles. The van der Waals surface area contributed by atoms with E-state index >= 15 is 0 Å². The van der Waals surface area contributed by atoms with Gasteiger partial charge in [-0.1, -0.05) is 12.1 Å². The van der Waals surface area contributed by atoms with E-state index in [0.29, 0.717) is 12.8 Å². The van der Waals surface area contributed by atoms with E-state index in [1.807, 2.05) is 0 Å². The van der Waals surface area contributed by atoms with Gasteiger partial charge in [-0.3, -0.25) is 0 Å². The van der Waals surface area contributed by atoms with E-state index in [9.17, 15) is 21.6 Å². The average Bonchev–Trinajstić information content (AvgIpc) is 2.74. The van der Waals surface area contributed by atoms with Crippen molar-refractivity contribution in [2.45, 2.75) is 25.1 Å².